The van der Waals surface area contributed by atoms with Crippen LogP contribution in [-0.4, -0.2) is 76.7 Å². The predicted octanol–water partition coefficient (Wildman–Crippen LogP) is 6.08. The van der Waals surface area contributed by atoms with Crippen LogP contribution in [0.2, 0.25) is 0 Å². The van der Waals surface area contributed by atoms with Gasteiger partial charge in [-0.2, -0.15) is 12.6 Å². The zero-order valence-electron chi connectivity index (χ0n) is 29.2. The molecule has 0 fully saturated rings. The maximum absolute atomic E-state index is 13.8. The molecular formula is C37H49NO8S3. The fourth-order valence-corrected chi connectivity index (χ4v) is 8.38. The summed E-state index contributed by atoms with van der Waals surface area (Å²) in [5.74, 6) is -3.12. The maximum Gasteiger partial charge on any atom is 0.251 e. The zero-order chi connectivity index (χ0) is 36.5. The molecule has 3 aromatic carbocycles. The Morgan fingerprint density at radius 2 is 1.10 bits per heavy atom. The zero-order valence-corrected chi connectivity index (χ0v) is 31.7. The lowest BCUT2D eigenvalue weighted by Gasteiger charge is -2.29. The number of carbonyl (C=O) groups excluding carboxylic acids is 2. The fourth-order valence-electron chi connectivity index (χ4n) is 5.05. The number of aryl methyl sites for hydroxylation is 2. The van der Waals surface area contributed by atoms with Crippen molar-refractivity contribution in [2.45, 2.75) is 75.4 Å². The Morgan fingerprint density at radius 1 is 0.673 bits per heavy atom. The molecule has 268 valence electrons. The van der Waals surface area contributed by atoms with Gasteiger partial charge in [-0.25, -0.2) is 16.8 Å². The van der Waals surface area contributed by atoms with Crippen molar-refractivity contribution in [3.05, 3.63) is 95.1 Å². The average molecular weight is 732 g/mol. The standard InChI is InChI=1S/C37H49NO8S3/c1-27-7-15-32(16-8-27)48(41,42)25-31(26-49(43,44)33-17-9-28(2)10-18-33)34(39)29-11-13-30(14-12-29)35(40)38-21-19-36(3,4)45-22-20-37(5,6)46-23-24-47/h7-18,31,47H,19-26H2,1-6H3,(H,38,40). The average Bonchev–Trinajstić information content (AvgIpc) is 3.03. The summed E-state index contributed by atoms with van der Waals surface area (Å²) in [5, 5.41) is 2.87. The first-order valence-electron chi connectivity index (χ1n) is 16.2. The summed E-state index contributed by atoms with van der Waals surface area (Å²) >= 11 is 4.18. The first-order valence-corrected chi connectivity index (χ1v) is 20.2. The summed E-state index contributed by atoms with van der Waals surface area (Å²) in [6, 6.07) is 18.2. The molecule has 3 rings (SSSR count). The van der Waals surface area contributed by atoms with Gasteiger partial charge in [0.15, 0.2) is 25.5 Å². The Bertz CT molecular complexity index is 1690. The number of rotatable bonds is 19. The molecule has 9 nitrogen and oxygen atoms in total. The first-order chi connectivity index (χ1) is 22.8. The van der Waals surface area contributed by atoms with Crippen molar-refractivity contribution in [2.75, 3.05) is 37.0 Å². The molecule has 0 aliphatic rings. The monoisotopic (exact) mass is 731 g/mol. The van der Waals surface area contributed by atoms with Crippen LogP contribution in [0.4, 0.5) is 0 Å². The number of ketones is 1. The van der Waals surface area contributed by atoms with Crippen molar-refractivity contribution in [2.24, 2.45) is 5.92 Å². The number of carbonyl (C=O) groups is 2. The minimum atomic E-state index is -4.02. The molecule has 49 heavy (non-hydrogen) atoms. The van der Waals surface area contributed by atoms with Gasteiger partial charge in [-0.3, -0.25) is 9.59 Å². The van der Waals surface area contributed by atoms with E-state index in [0.717, 1.165) is 11.1 Å². The largest absolute Gasteiger partial charge is 0.375 e. The highest BCUT2D eigenvalue weighted by molar-refractivity contribution is 7.92. The van der Waals surface area contributed by atoms with E-state index >= 15 is 0 Å². The van der Waals surface area contributed by atoms with E-state index in [0.29, 0.717) is 43.9 Å². The molecule has 12 heteroatoms. The Hall–Kier alpha value is -3.03. The van der Waals surface area contributed by atoms with Gasteiger partial charge in [-0.05, 0) is 90.8 Å². The smallest absolute Gasteiger partial charge is 0.251 e. The van der Waals surface area contributed by atoms with E-state index in [4.69, 9.17) is 9.47 Å². The second-order valence-corrected chi connectivity index (χ2v) is 18.0. The van der Waals surface area contributed by atoms with Gasteiger partial charge in [0, 0.05) is 23.4 Å². The molecule has 0 atom stereocenters. The van der Waals surface area contributed by atoms with Crippen molar-refractivity contribution in [1.29, 1.82) is 0 Å². The van der Waals surface area contributed by atoms with Crippen LogP contribution in [0.1, 0.15) is 72.4 Å². The second-order valence-electron chi connectivity index (χ2n) is 13.5. The molecule has 0 aliphatic carbocycles. The van der Waals surface area contributed by atoms with E-state index in [9.17, 15) is 26.4 Å². The molecule has 0 saturated heterocycles. The molecule has 0 aromatic heterocycles. The van der Waals surface area contributed by atoms with Crippen LogP contribution in [0.25, 0.3) is 0 Å². The molecule has 0 radical (unpaired) electrons. The van der Waals surface area contributed by atoms with E-state index in [-0.39, 0.29) is 26.9 Å². The number of Topliss-reactive ketones (excluding diaryl/α,β-unsaturated/α-hetero) is 1. The third-order valence-corrected chi connectivity index (χ3v) is 12.0. The number of hydrogen-bond acceptors (Lipinski definition) is 9. The molecule has 0 bridgehead atoms. The van der Waals surface area contributed by atoms with Crippen molar-refractivity contribution < 1.29 is 35.9 Å². The van der Waals surface area contributed by atoms with Gasteiger partial charge >= 0.3 is 0 Å². The minimum absolute atomic E-state index is 0.00586. The first kappa shape index (κ1) is 40.4. The van der Waals surface area contributed by atoms with Crippen LogP contribution >= 0.6 is 12.6 Å². The number of ether oxygens (including phenoxy) is 2. The highest BCUT2D eigenvalue weighted by atomic mass is 32.2. The van der Waals surface area contributed by atoms with Crippen molar-refractivity contribution in [1.82, 2.24) is 5.32 Å². The lowest BCUT2D eigenvalue weighted by molar-refractivity contribution is -0.0703. The van der Waals surface area contributed by atoms with Gasteiger partial charge in [0.2, 0.25) is 0 Å². The molecule has 0 spiro atoms. The van der Waals surface area contributed by atoms with Gasteiger partial charge in [-0.15, -0.1) is 0 Å². The molecular weight excluding hydrogens is 683 g/mol. The fraction of sp³-hybridized carbons (Fsp3) is 0.459. The number of thiol groups is 1. The van der Waals surface area contributed by atoms with E-state index in [2.05, 4.69) is 17.9 Å². The number of amides is 1. The summed E-state index contributed by atoms with van der Waals surface area (Å²) in [5.41, 5.74) is 1.31. The Morgan fingerprint density at radius 3 is 1.57 bits per heavy atom. The molecule has 1 N–H and O–H groups in total. The summed E-state index contributed by atoms with van der Waals surface area (Å²) in [7, 11) is -8.04. The van der Waals surface area contributed by atoms with Gasteiger partial charge < -0.3 is 14.8 Å². The van der Waals surface area contributed by atoms with E-state index in [1.165, 1.54) is 48.5 Å². The topological polar surface area (TPSA) is 133 Å². The van der Waals surface area contributed by atoms with Crippen molar-refractivity contribution in [3.8, 4) is 0 Å². The lowest BCUT2D eigenvalue weighted by atomic mass is 9.99. The third-order valence-electron chi connectivity index (χ3n) is 8.20. The summed E-state index contributed by atoms with van der Waals surface area (Å²) in [6.45, 7) is 13.0. The predicted molar refractivity (Wildman–Crippen MR) is 196 cm³/mol. The minimum Gasteiger partial charge on any atom is -0.375 e. The van der Waals surface area contributed by atoms with Crippen LogP contribution < -0.4 is 5.32 Å². The summed E-state index contributed by atoms with van der Waals surface area (Å²) in [4.78, 5) is 26.7. The second kappa shape index (κ2) is 17.3. The van der Waals surface area contributed by atoms with Crippen LogP contribution in [0.5, 0.6) is 0 Å². The molecule has 1 amide bonds. The van der Waals surface area contributed by atoms with Gasteiger partial charge in [-0.1, -0.05) is 47.5 Å². The molecule has 0 heterocycles. The normalized spacial score (nSPS) is 12.7. The Kier molecular flexibility index (Phi) is 14.2. The number of hydrogen-bond donors (Lipinski definition) is 2. The number of nitrogens with one attached hydrogen (secondary N) is 1. The van der Waals surface area contributed by atoms with Crippen LogP contribution in [-0.2, 0) is 29.1 Å². The van der Waals surface area contributed by atoms with Gasteiger partial charge in [0.1, 0.15) is 0 Å². The highest BCUT2D eigenvalue weighted by Gasteiger charge is 2.33. The van der Waals surface area contributed by atoms with E-state index in [1.54, 1.807) is 24.3 Å². The number of sulfone groups is 2. The van der Waals surface area contributed by atoms with Gasteiger partial charge in [0.25, 0.3) is 5.91 Å². The third kappa shape index (κ3) is 12.7. The maximum atomic E-state index is 13.8. The van der Waals surface area contributed by atoms with Crippen LogP contribution in [0, 0.1) is 19.8 Å². The Balaban J connectivity index is 1.70. The number of benzene rings is 3. The summed E-state index contributed by atoms with van der Waals surface area (Å²) in [6.07, 6.45) is 1.26. The molecule has 0 aliphatic heterocycles. The van der Waals surface area contributed by atoms with Crippen molar-refractivity contribution in [3.63, 3.8) is 0 Å². The highest BCUT2D eigenvalue weighted by Crippen LogP contribution is 2.24. The van der Waals surface area contributed by atoms with Crippen LogP contribution in [0.3, 0.4) is 0 Å². The molecule has 3 aromatic rings. The molecule has 0 unspecified atom stereocenters. The lowest BCUT2D eigenvalue weighted by Crippen LogP contribution is -2.35. The van der Waals surface area contributed by atoms with E-state index < -0.39 is 48.5 Å². The van der Waals surface area contributed by atoms with E-state index in [1.807, 2.05) is 41.5 Å². The van der Waals surface area contributed by atoms with Crippen molar-refractivity contribution >= 4 is 44.0 Å². The summed E-state index contributed by atoms with van der Waals surface area (Å²) < 4.78 is 65.4. The van der Waals surface area contributed by atoms with Gasteiger partial charge in [0.05, 0.1) is 51.6 Å². The SMILES string of the molecule is Cc1ccc(S(=O)(=O)CC(CS(=O)(=O)c2ccc(C)cc2)C(=O)c2ccc(C(=O)NCCC(C)(C)OCCC(C)(C)OCCS)cc2)cc1. The Labute approximate surface area is 297 Å². The quantitative estimate of drug-likeness (QED) is 0.112. The van der Waals surface area contributed by atoms with Crippen LogP contribution in [0.15, 0.2) is 82.6 Å². The molecule has 0 saturated carbocycles.